The van der Waals surface area contributed by atoms with Crippen LogP contribution in [0.3, 0.4) is 0 Å². The molecule has 0 fully saturated rings. The van der Waals surface area contributed by atoms with Gasteiger partial charge in [-0.3, -0.25) is 14.9 Å². The second-order valence-corrected chi connectivity index (χ2v) is 5.37. The second kappa shape index (κ2) is 8.10. The molecule has 0 aliphatic carbocycles. The number of non-ortho nitro benzene ring substituents is 1. The molecule has 0 saturated carbocycles. The van der Waals surface area contributed by atoms with Crippen LogP contribution < -0.4 is 4.74 Å². The second-order valence-electron chi connectivity index (χ2n) is 5.37. The Balaban J connectivity index is 1.94. The Morgan fingerprint density at radius 2 is 1.83 bits per heavy atom. The highest BCUT2D eigenvalue weighted by Gasteiger charge is 2.14. The van der Waals surface area contributed by atoms with Crippen molar-refractivity contribution in [1.82, 2.24) is 4.90 Å². The van der Waals surface area contributed by atoms with Crippen molar-refractivity contribution in [3.8, 4) is 5.75 Å². The molecule has 0 N–H and O–H groups in total. The predicted octanol–water partition coefficient (Wildman–Crippen LogP) is 3.33. The van der Waals surface area contributed by atoms with E-state index in [9.17, 15) is 14.9 Å². The zero-order valence-corrected chi connectivity index (χ0v) is 13.8. The van der Waals surface area contributed by atoms with E-state index in [0.717, 1.165) is 11.1 Å². The maximum atomic E-state index is 12.3. The predicted molar refractivity (Wildman–Crippen MR) is 90.9 cm³/mol. The highest BCUT2D eigenvalue weighted by atomic mass is 16.6. The van der Waals surface area contributed by atoms with Gasteiger partial charge in [0.25, 0.3) is 11.6 Å². The van der Waals surface area contributed by atoms with Crippen molar-refractivity contribution >= 4 is 11.6 Å². The summed E-state index contributed by atoms with van der Waals surface area (Å²) in [5, 5.41) is 10.6. The molecule has 2 rings (SSSR count). The van der Waals surface area contributed by atoms with Crippen LogP contribution in [0.5, 0.6) is 5.75 Å². The van der Waals surface area contributed by atoms with E-state index in [1.54, 1.807) is 4.90 Å². The van der Waals surface area contributed by atoms with Crippen LogP contribution in [0.15, 0.2) is 48.5 Å². The number of nitro groups is 1. The van der Waals surface area contributed by atoms with Crippen molar-refractivity contribution in [2.45, 2.75) is 20.4 Å². The number of aryl methyl sites for hydroxylation is 1. The largest absolute Gasteiger partial charge is 0.484 e. The molecule has 0 bridgehead atoms. The molecule has 6 heteroatoms. The van der Waals surface area contributed by atoms with Gasteiger partial charge in [0, 0.05) is 25.2 Å². The molecule has 0 heterocycles. The maximum absolute atomic E-state index is 12.3. The van der Waals surface area contributed by atoms with Gasteiger partial charge in [-0.25, -0.2) is 0 Å². The van der Waals surface area contributed by atoms with Gasteiger partial charge in [0.05, 0.1) is 4.92 Å². The molecule has 24 heavy (non-hydrogen) atoms. The molecule has 0 aromatic heterocycles. The summed E-state index contributed by atoms with van der Waals surface area (Å²) in [6.07, 6.45) is 0. The third kappa shape index (κ3) is 4.55. The summed E-state index contributed by atoms with van der Waals surface area (Å²) in [5.74, 6) is 0.306. The van der Waals surface area contributed by atoms with Crippen molar-refractivity contribution in [1.29, 1.82) is 0 Å². The van der Waals surface area contributed by atoms with Crippen LogP contribution in [0.25, 0.3) is 0 Å². The lowest BCUT2D eigenvalue weighted by atomic mass is 10.1. The van der Waals surface area contributed by atoms with Gasteiger partial charge in [-0.1, -0.05) is 24.3 Å². The number of likely N-dealkylation sites (N-methyl/N-ethyl adjacent to an activating group) is 1. The van der Waals surface area contributed by atoms with Crippen molar-refractivity contribution in [2.24, 2.45) is 0 Å². The minimum atomic E-state index is -0.476. The number of hydrogen-bond acceptors (Lipinski definition) is 4. The SMILES string of the molecule is CCN(Cc1ccccc1C)C(=O)COc1ccc([N+](=O)[O-])cc1. The molecule has 0 aliphatic heterocycles. The minimum absolute atomic E-state index is 0.0107. The Kier molecular flexibility index (Phi) is 5.89. The van der Waals surface area contributed by atoms with E-state index in [2.05, 4.69) is 0 Å². The third-order valence-electron chi connectivity index (χ3n) is 3.77. The van der Waals surface area contributed by atoms with E-state index in [4.69, 9.17) is 4.74 Å². The van der Waals surface area contributed by atoms with Crippen LogP contribution >= 0.6 is 0 Å². The van der Waals surface area contributed by atoms with Crippen molar-refractivity contribution < 1.29 is 14.5 Å². The first-order valence-electron chi connectivity index (χ1n) is 7.70. The van der Waals surface area contributed by atoms with Gasteiger partial charge in [-0.15, -0.1) is 0 Å². The summed E-state index contributed by atoms with van der Waals surface area (Å²) < 4.78 is 5.44. The molecule has 0 unspecified atom stereocenters. The van der Waals surface area contributed by atoms with Crippen LogP contribution in [0.1, 0.15) is 18.1 Å². The van der Waals surface area contributed by atoms with Gasteiger partial charge in [0.1, 0.15) is 5.75 Å². The topological polar surface area (TPSA) is 72.7 Å². The first kappa shape index (κ1) is 17.5. The summed E-state index contributed by atoms with van der Waals surface area (Å²) in [4.78, 5) is 24.2. The molecule has 6 nitrogen and oxygen atoms in total. The summed E-state index contributed by atoms with van der Waals surface area (Å²) in [7, 11) is 0. The number of nitro benzene ring substituents is 1. The number of ether oxygens (including phenoxy) is 1. The highest BCUT2D eigenvalue weighted by Crippen LogP contribution is 2.17. The van der Waals surface area contributed by atoms with Gasteiger partial charge in [0.15, 0.2) is 6.61 Å². The molecule has 126 valence electrons. The number of carbonyl (C=O) groups excluding carboxylic acids is 1. The van der Waals surface area contributed by atoms with Crippen LogP contribution in [-0.4, -0.2) is 28.9 Å². The number of hydrogen-bond donors (Lipinski definition) is 0. The highest BCUT2D eigenvalue weighted by molar-refractivity contribution is 5.77. The summed E-state index contributed by atoms with van der Waals surface area (Å²) in [6, 6.07) is 13.6. The van der Waals surface area contributed by atoms with E-state index in [1.807, 2.05) is 38.1 Å². The Labute approximate surface area is 140 Å². The summed E-state index contributed by atoms with van der Waals surface area (Å²) in [5.41, 5.74) is 2.23. The lowest BCUT2D eigenvalue weighted by Gasteiger charge is -2.22. The average molecular weight is 328 g/mol. The molecule has 1 amide bonds. The maximum Gasteiger partial charge on any atom is 0.269 e. The van der Waals surface area contributed by atoms with E-state index >= 15 is 0 Å². The van der Waals surface area contributed by atoms with Gasteiger partial charge < -0.3 is 9.64 Å². The molecule has 2 aromatic rings. The lowest BCUT2D eigenvalue weighted by Crippen LogP contribution is -2.34. The fourth-order valence-corrected chi connectivity index (χ4v) is 2.27. The van der Waals surface area contributed by atoms with E-state index in [0.29, 0.717) is 18.8 Å². The monoisotopic (exact) mass is 328 g/mol. The standard InChI is InChI=1S/C18H20N2O4/c1-3-19(12-15-7-5-4-6-14(15)2)18(21)13-24-17-10-8-16(9-11-17)20(22)23/h4-11H,3,12-13H2,1-2H3. The smallest absolute Gasteiger partial charge is 0.269 e. The van der Waals surface area contributed by atoms with Crippen LogP contribution in [0.2, 0.25) is 0 Å². The molecule has 0 saturated heterocycles. The van der Waals surface area contributed by atoms with Gasteiger partial charge in [-0.05, 0) is 37.1 Å². The fraction of sp³-hybridized carbons (Fsp3) is 0.278. The Bertz CT molecular complexity index is 713. The van der Waals surface area contributed by atoms with Gasteiger partial charge >= 0.3 is 0 Å². The fourth-order valence-electron chi connectivity index (χ4n) is 2.27. The Hall–Kier alpha value is -2.89. The molecule has 2 aromatic carbocycles. The number of rotatable bonds is 7. The summed E-state index contributed by atoms with van der Waals surface area (Å²) >= 11 is 0. The lowest BCUT2D eigenvalue weighted by molar-refractivity contribution is -0.384. The third-order valence-corrected chi connectivity index (χ3v) is 3.77. The van der Waals surface area contributed by atoms with E-state index in [-0.39, 0.29) is 18.2 Å². The van der Waals surface area contributed by atoms with Crippen LogP contribution in [-0.2, 0) is 11.3 Å². The van der Waals surface area contributed by atoms with Gasteiger partial charge in [-0.2, -0.15) is 0 Å². The first-order valence-corrected chi connectivity index (χ1v) is 7.70. The zero-order valence-electron chi connectivity index (χ0n) is 13.8. The van der Waals surface area contributed by atoms with Crippen molar-refractivity contribution in [3.05, 3.63) is 69.8 Å². The molecule has 0 radical (unpaired) electrons. The first-order chi connectivity index (χ1) is 11.5. The Morgan fingerprint density at radius 3 is 2.42 bits per heavy atom. The van der Waals surface area contributed by atoms with Crippen molar-refractivity contribution in [3.63, 3.8) is 0 Å². The molecular weight excluding hydrogens is 308 g/mol. The molecule has 0 atom stereocenters. The Morgan fingerprint density at radius 1 is 1.17 bits per heavy atom. The number of amides is 1. The number of carbonyl (C=O) groups is 1. The van der Waals surface area contributed by atoms with Crippen LogP contribution in [0.4, 0.5) is 5.69 Å². The zero-order chi connectivity index (χ0) is 17.5. The number of nitrogens with zero attached hydrogens (tertiary/aromatic N) is 2. The number of benzene rings is 2. The molecule has 0 aliphatic rings. The van der Waals surface area contributed by atoms with Crippen LogP contribution in [0, 0.1) is 17.0 Å². The van der Waals surface area contributed by atoms with Crippen molar-refractivity contribution in [2.75, 3.05) is 13.2 Å². The molecular formula is C18H20N2O4. The van der Waals surface area contributed by atoms with Gasteiger partial charge in [0.2, 0.25) is 0 Å². The summed E-state index contributed by atoms with van der Waals surface area (Å²) in [6.45, 7) is 4.95. The molecule has 0 spiro atoms. The van der Waals surface area contributed by atoms with E-state index in [1.165, 1.54) is 24.3 Å². The normalized spacial score (nSPS) is 10.2. The minimum Gasteiger partial charge on any atom is -0.484 e. The average Bonchev–Trinajstić information content (AvgIpc) is 2.59. The van der Waals surface area contributed by atoms with E-state index < -0.39 is 4.92 Å². The quantitative estimate of drug-likeness (QED) is 0.577.